The van der Waals surface area contributed by atoms with Gasteiger partial charge in [-0.3, -0.25) is 4.79 Å². The van der Waals surface area contributed by atoms with Gasteiger partial charge in [0.2, 0.25) is 0 Å². The smallest absolute Gasteiger partial charge is 0.293 e. The number of carbonyl (C=O) groups excluding carboxylic acids is 1. The molecule has 0 amide bonds. The monoisotopic (exact) mass is 456 g/mol. The Labute approximate surface area is 204 Å². The molecule has 10 unspecified atom stereocenters. The van der Waals surface area contributed by atoms with Gasteiger partial charge in [-0.25, -0.2) is 0 Å². The molecular formula is C31H52O2. The molecule has 0 aliphatic heterocycles. The van der Waals surface area contributed by atoms with Gasteiger partial charge in [-0.1, -0.05) is 54.9 Å². The van der Waals surface area contributed by atoms with Crippen molar-refractivity contribution >= 4 is 6.47 Å². The summed E-state index contributed by atoms with van der Waals surface area (Å²) in [5.74, 6) is 4.74. The van der Waals surface area contributed by atoms with Crippen molar-refractivity contribution in [2.45, 2.75) is 119 Å². The summed E-state index contributed by atoms with van der Waals surface area (Å²) in [5.41, 5.74) is 2.51. The van der Waals surface area contributed by atoms with Crippen molar-refractivity contribution in [1.82, 2.24) is 0 Å². The van der Waals surface area contributed by atoms with Crippen LogP contribution in [-0.2, 0) is 9.53 Å². The number of carbonyl (C=O) groups is 1. The molecular weight excluding hydrogens is 404 g/mol. The first-order chi connectivity index (χ1) is 15.4. The van der Waals surface area contributed by atoms with Crippen LogP contribution in [0.4, 0.5) is 0 Å². The molecule has 5 fully saturated rings. The number of ether oxygens (including phenoxy) is 1. The van der Waals surface area contributed by atoms with Crippen LogP contribution in [0.2, 0.25) is 0 Å². The maximum Gasteiger partial charge on any atom is 0.293 e. The van der Waals surface area contributed by atoms with Gasteiger partial charge in [0, 0.05) is 0 Å². The summed E-state index contributed by atoms with van der Waals surface area (Å²) < 4.78 is 5.23. The molecule has 33 heavy (non-hydrogen) atoms. The first-order valence-electron chi connectivity index (χ1n) is 14.5. The molecule has 2 heteroatoms. The van der Waals surface area contributed by atoms with Gasteiger partial charge in [-0.05, 0) is 127 Å². The molecule has 188 valence electrons. The predicted octanol–water partition coefficient (Wildman–Crippen LogP) is 8.29. The highest BCUT2D eigenvalue weighted by atomic mass is 16.5. The Morgan fingerprint density at radius 3 is 2.06 bits per heavy atom. The Morgan fingerprint density at radius 1 is 0.758 bits per heavy atom. The highest BCUT2D eigenvalue weighted by Gasteiger charge is 2.70. The zero-order chi connectivity index (χ0) is 23.9. The average molecular weight is 457 g/mol. The molecule has 5 saturated carbocycles. The maximum atomic E-state index is 10.8. The van der Waals surface area contributed by atoms with Crippen LogP contribution in [-0.4, -0.2) is 13.1 Å². The topological polar surface area (TPSA) is 26.3 Å². The summed E-state index contributed by atoms with van der Waals surface area (Å²) in [6.45, 7) is 19.7. The zero-order valence-electron chi connectivity index (χ0n) is 22.8. The molecule has 0 aromatic rings. The fourth-order valence-electron chi connectivity index (χ4n) is 12.3. The van der Waals surface area contributed by atoms with E-state index >= 15 is 0 Å². The molecule has 10 atom stereocenters. The molecule has 0 radical (unpaired) electrons. The van der Waals surface area contributed by atoms with Gasteiger partial charge in [0.15, 0.2) is 0 Å². The molecule has 0 spiro atoms. The van der Waals surface area contributed by atoms with Crippen molar-refractivity contribution in [3.63, 3.8) is 0 Å². The van der Waals surface area contributed by atoms with E-state index in [1.165, 1.54) is 70.6 Å². The van der Waals surface area contributed by atoms with E-state index < -0.39 is 0 Å². The molecule has 5 aliphatic rings. The second-order valence-corrected chi connectivity index (χ2v) is 15.2. The fraction of sp³-hybridized carbons (Fsp3) is 0.968. The van der Waals surface area contributed by atoms with Crippen molar-refractivity contribution in [3.8, 4) is 0 Å². The minimum absolute atomic E-state index is 0.477. The second kappa shape index (κ2) is 7.73. The summed E-state index contributed by atoms with van der Waals surface area (Å²) in [6, 6.07) is 0. The van der Waals surface area contributed by atoms with E-state index in [1.54, 1.807) is 0 Å². The Balaban J connectivity index is 1.45. The summed E-state index contributed by atoms with van der Waals surface area (Å²) in [6.07, 6.45) is 15.7. The molecule has 0 heterocycles. The van der Waals surface area contributed by atoms with Crippen molar-refractivity contribution in [2.24, 2.45) is 62.6 Å². The Bertz CT molecular complexity index is 773. The van der Waals surface area contributed by atoms with E-state index in [4.69, 9.17) is 4.74 Å². The van der Waals surface area contributed by atoms with Crippen LogP contribution >= 0.6 is 0 Å². The van der Waals surface area contributed by atoms with Gasteiger partial charge in [-0.2, -0.15) is 0 Å². The van der Waals surface area contributed by atoms with Crippen molar-refractivity contribution in [3.05, 3.63) is 0 Å². The molecule has 0 saturated heterocycles. The summed E-state index contributed by atoms with van der Waals surface area (Å²) >= 11 is 0. The molecule has 0 aromatic heterocycles. The van der Waals surface area contributed by atoms with Gasteiger partial charge in [0.1, 0.15) is 0 Å². The third kappa shape index (κ3) is 3.13. The van der Waals surface area contributed by atoms with E-state index in [0.29, 0.717) is 46.1 Å². The van der Waals surface area contributed by atoms with Gasteiger partial charge < -0.3 is 4.74 Å². The quantitative estimate of drug-likeness (QED) is 0.398. The van der Waals surface area contributed by atoms with Crippen LogP contribution in [0.25, 0.3) is 0 Å². The molecule has 5 aliphatic carbocycles. The molecule has 0 aromatic carbocycles. The molecule has 5 rings (SSSR count). The lowest BCUT2D eigenvalue weighted by Crippen LogP contribution is -2.65. The van der Waals surface area contributed by atoms with Crippen LogP contribution < -0.4 is 0 Å². The van der Waals surface area contributed by atoms with Crippen molar-refractivity contribution in [2.75, 3.05) is 6.61 Å². The standard InChI is InChI=1S/C31H52O2/c1-21(19-33-20-32)22-11-16-28(4)23(22)12-17-30(6)25(28)9-10-26-29(5)15-8-14-27(2,3)24(29)13-18-31(26,30)7/h20-26H,8-19H2,1-7H3. The zero-order valence-corrected chi connectivity index (χ0v) is 22.8. The van der Waals surface area contributed by atoms with Gasteiger partial charge in [-0.15, -0.1) is 0 Å². The molecule has 0 bridgehead atoms. The second-order valence-electron chi connectivity index (χ2n) is 15.2. The number of hydrogen-bond acceptors (Lipinski definition) is 2. The molecule has 2 nitrogen and oxygen atoms in total. The average Bonchev–Trinajstić information content (AvgIpc) is 3.09. The largest absolute Gasteiger partial charge is 0.468 e. The Morgan fingerprint density at radius 2 is 1.39 bits per heavy atom. The third-order valence-corrected chi connectivity index (χ3v) is 13.9. The van der Waals surface area contributed by atoms with E-state index in [-0.39, 0.29) is 0 Å². The van der Waals surface area contributed by atoms with Crippen molar-refractivity contribution < 1.29 is 9.53 Å². The predicted molar refractivity (Wildman–Crippen MR) is 136 cm³/mol. The van der Waals surface area contributed by atoms with Gasteiger partial charge >= 0.3 is 0 Å². The van der Waals surface area contributed by atoms with Gasteiger partial charge in [0.05, 0.1) is 6.61 Å². The first-order valence-corrected chi connectivity index (χ1v) is 14.5. The normalized spacial score (nSPS) is 53.7. The lowest BCUT2D eigenvalue weighted by atomic mass is 9.32. The lowest BCUT2D eigenvalue weighted by Gasteiger charge is -2.73. The number of rotatable bonds is 4. The third-order valence-electron chi connectivity index (χ3n) is 13.9. The SMILES string of the molecule is CC(COC=O)C1CCC2(C)C1CCC1(C)C2CCC2C3(C)CCCC(C)(C)C3CCC21C. The molecule has 0 N–H and O–H groups in total. The number of fused-ring (bicyclic) bond motifs is 7. The summed E-state index contributed by atoms with van der Waals surface area (Å²) in [4.78, 5) is 10.8. The highest BCUT2D eigenvalue weighted by Crippen LogP contribution is 2.78. The van der Waals surface area contributed by atoms with E-state index in [0.717, 1.165) is 29.6 Å². The maximum absolute atomic E-state index is 10.8. The van der Waals surface area contributed by atoms with E-state index in [9.17, 15) is 4.79 Å². The van der Waals surface area contributed by atoms with Gasteiger partial charge in [0.25, 0.3) is 6.47 Å². The van der Waals surface area contributed by atoms with Crippen LogP contribution in [0.1, 0.15) is 119 Å². The number of hydrogen-bond donors (Lipinski definition) is 0. The van der Waals surface area contributed by atoms with E-state index in [1.807, 2.05) is 0 Å². The summed E-state index contributed by atoms with van der Waals surface area (Å²) in [7, 11) is 0. The first kappa shape index (κ1) is 24.2. The van der Waals surface area contributed by atoms with Crippen LogP contribution in [0.5, 0.6) is 0 Å². The summed E-state index contributed by atoms with van der Waals surface area (Å²) in [5, 5.41) is 0. The Hall–Kier alpha value is -0.530. The van der Waals surface area contributed by atoms with E-state index in [2.05, 4.69) is 48.5 Å². The minimum Gasteiger partial charge on any atom is -0.468 e. The Kier molecular flexibility index (Phi) is 5.67. The lowest BCUT2D eigenvalue weighted by molar-refractivity contribution is -0.241. The highest BCUT2D eigenvalue weighted by molar-refractivity contribution is 5.36. The van der Waals surface area contributed by atoms with Crippen LogP contribution in [0.15, 0.2) is 0 Å². The van der Waals surface area contributed by atoms with Crippen LogP contribution in [0.3, 0.4) is 0 Å². The van der Waals surface area contributed by atoms with Crippen molar-refractivity contribution in [1.29, 1.82) is 0 Å². The van der Waals surface area contributed by atoms with Crippen LogP contribution in [0, 0.1) is 62.6 Å². The minimum atomic E-state index is 0.477. The fourth-order valence-corrected chi connectivity index (χ4v) is 12.3.